The van der Waals surface area contributed by atoms with Crippen LogP contribution in [0.25, 0.3) is 16.6 Å². The largest absolute Gasteiger partial charge is 0.497 e. The first kappa shape index (κ1) is 22.2. The third-order valence-corrected chi connectivity index (χ3v) is 5.11. The number of nitrogens with one attached hydrogen (secondary N) is 2. The van der Waals surface area contributed by atoms with Crippen LogP contribution in [0.4, 0.5) is 0 Å². The number of aromatic amines is 1. The molecule has 2 heterocycles. The number of carbonyl (C=O) groups excluding carboxylic acids is 1. The lowest BCUT2D eigenvalue weighted by Gasteiger charge is -2.10. The van der Waals surface area contributed by atoms with Gasteiger partial charge in [0.05, 0.1) is 24.6 Å². The second kappa shape index (κ2) is 9.22. The minimum Gasteiger partial charge on any atom is -0.497 e. The minimum absolute atomic E-state index is 0.128. The molecule has 4 aromatic rings. The Hall–Kier alpha value is -5.04. The summed E-state index contributed by atoms with van der Waals surface area (Å²) in [7, 11) is 1.54. The highest BCUT2D eigenvalue weighted by Crippen LogP contribution is 2.18. The molecule has 2 aromatic carbocycles. The van der Waals surface area contributed by atoms with E-state index in [1.54, 1.807) is 61.7 Å². The number of amides is 1. The Morgan fingerprint density at radius 3 is 2.68 bits per heavy atom. The van der Waals surface area contributed by atoms with E-state index in [0.29, 0.717) is 17.0 Å². The van der Waals surface area contributed by atoms with Gasteiger partial charge in [-0.15, -0.1) is 0 Å². The first-order chi connectivity index (χ1) is 16.4. The number of hydrogen-bond donors (Lipinski definition) is 2. The summed E-state index contributed by atoms with van der Waals surface area (Å²) in [5.74, 6) is -0.118. The number of rotatable bonds is 5. The average Bonchev–Trinajstić information content (AvgIpc) is 2.85. The zero-order valence-corrected chi connectivity index (χ0v) is 18.2. The zero-order valence-electron chi connectivity index (χ0n) is 18.2. The fourth-order valence-corrected chi connectivity index (χ4v) is 3.33. The summed E-state index contributed by atoms with van der Waals surface area (Å²) in [5.41, 5.74) is 2.29. The van der Waals surface area contributed by atoms with Gasteiger partial charge in [-0.3, -0.25) is 14.4 Å². The number of ether oxygens (including phenoxy) is 1. The van der Waals surface area contributed by atoms with Crippen molar-refractivity contribution >= 4 is 23.0 Å². The molecule has 168 valence electrons. The molecule has 0 unspecified atom stereocenters. The van der Waals surface area contributed by atoms with E-state index in [2.05, 4.69) is 20.6 Å². The second-order valence-electron chi connectivity index (χ2n) is 7.22. The summed E-state index contributed by atoms with van der Waals surface area (Å²) < 4.78 is 6.19. The standard InChI is InChI=1S/C24H18N6O4/c1-14-19(12-25)24(33)30(17-6-4-3-5-7-17)29-21(14)23(32)28-26-13-16-10-15-11-18(34-2)8-9-20(15)27-22(16)31/h3-11,13H,1-2H3,(H,27,31)(H,28,32)/b26-13+. The Kier molecular flexibility index (Phi) is 6.01. The molecular formula is C24H18N6O4. The molecule has 0 saturated heterocycles. The van der Waals surface area contributed by atoms with Crippen LogP contribution in [0, 0.1) is 18.3 Å². The molecule has 0 aliphatic heterocycles. The third-order valence-electron chi connectivity index (χ3n) is 5.11. The van der Waals surface area contributed by atoms with Crippen molar-refractivity contribution in [3.8, 4) is 17.5 Å². The fraction of sp³-hybridized carbons (Fsp3) is 0.0833. The van der Waals surface area contributed by atoms with E-state index in [4.69, 9.17) is 4.74 Å². The van der Waals surface area contributed by atoms with Gasteiger partial charge in [-0.25, -0.2) is 5.43 Å². The summed E-state index contributed by atoms with van der Waals surface area (Å²) in [6.07, 6.45) is 1.20. The molecule has 0 saturated carbocycles. The number of carbonyl (C=O) groups is 1. The average molecular weight is 454 g/mol. The number of para-hydroxylation sites is 1. The lowest BCUT2D eigenvalue weighted by Crippen LogP contribution is -2.31. The first-order valence-electron chi connectivity index (χ1n) is 10.1. The summed E-state index contributed by atoms with van der Waals surface area (Å²) in [4.78, 5) is 40.5. The Morgan fingerprint density at radius 1 is 1.21 bits per heavy atom. The van der Waals surface area contributed by atoms with Gasteiger partial charge in [0.2, 0.25) is 0 Å². The summed E-state index contributed by atoms with van der Waals surface area (Å²) in [5, 5.41) is 18.2. The van der Waals surface area contributed by atoms with E-state index in [1.807, 2.05) is 6.07 Å². The Bertz CT molecular complexity index is 1600. The smallest absolute Gasteiger partial charge is 0.292 e. The number of methoxy groups -OCH3 is 1. The molecule has 10 heteroatoms. The van der Waals surface area contributed by atoms with Crippen molar-refractivity contribution in [1.82, 2.24) is 20.2 Å². The third kappa shape index (κ3) is 4.18. The maximum atomic E-state index is 12.8. The van der Waals surface area contributed by atoms with Crippen LogP contribution in [0.15, 0.2) is 69.3 Å². The fourth-order valence-electron chi connectivity index (χ4n) is 3.33. The van der Waals surface area contributed by atoms with Gasteiger partial charge in [-0.2, -0.15) is 20.1 Å². The van der Waals surface area contributed by atoms with Gasteiger partial charge in [0, 0.05) is 16.5 Å². The van der Waals surface area contributed by atoms with Gasteiger partial charge in [0.15, 0.2) is 5.69 Å². The maximum absolute atomic E-state index is 12.8. The van der Waals surface area contributed by atoms with Crippen molar-refractivity contribution in [2.24, 2.45) is 5.10 Å². The van der Waals surface area contributed by atoms with Crippen LogP contribution < -0.4 is 21.3 Å². The number of aromatic nitrogens is 3. The topological polar surface area (TPSA) is 142 Å². The highest BCUT2D eigenvalue weighted by atomic mass is 16.5. The van der Waals surface area contributed by atoms with Crippen molar-refractivity contribution in [3.63, 3.8) is 0 Å². The summed E-state index contributed by atoms with van der Waals surface area (Å²) in [6.45, 7) is 1.46. The maximum Gasteiger partial charge on any atom is 0.292 e. The van der Waals surface area contributed by atoms with Crippen LogP contribution in [0.5, 0.6) is 5.75 Å². The number of nitriles is 1. The number of fused-ring (bicyclic) bond motifs is 1. The molecule has 2 aromatic heterocycles. The Balaban J connectivity index is 1.66. The van der Waals surface area contributed by atoms with Gasteiger partial charge in [0.1, 0.15) is 17.4 Å². The van der Waals surface area contributed by atoms with Gasteiger partial charge in [-0.05, 0) is 43.3 Å². The van der Waals surface area contributed by atoms with Crippen LogP contribution >= 0.6 is 0 Å². The van der Waals surface area contributed by atoms with Crippen molar-refractivity contribution < 1.29 is 9.53 Å². The molecule has 0 aliphatic rings. The SMILES string of the molecule is COc1ccc2[nH]c(=O)c(/C=N/NC(=O)c3nn(-c4ccccc4)c(=O)c(C#N)c3C)cc2c1. The first-order valence-corrected chi connectivity index (χ1v) is 10.1. The predicted molar refractivity (Wildman–Crippen MR) is 125 cm³/mol. The lowest BCUT2D eigenvalue weighted by molar-refractivity contribution is 0.0947. The van der Waals surface area contributed by atoms with Crippen LogP contribution in [-0.4, -0.2) is 34.0 Å². The molecule has 0 aliphatic carbocycles. The molecule has 0 atom stereocenters. The highest BCUT2D eigenvalue weighted by molar-refractivity contribution is 5.95. The van der Waals surface area contributed by atoms with Gasteiger partial charge in [-0.1, -0.05) is 18.2 Å². The predicted octanol–water partition coefficient (Wildman–Crippen LogP) is 2.03. The van der Waals surface area contributed by atoms with Gasteiger partial charge < -0.3 is 9.72 Å². The van der Waals surface area contributed by atoms with Crippen LogP contribution in [0.2, 0.25) is 0 Å². The Morgan fingerprint density at radius 2 is 1.97 bits per heavy atom. The number of hydrazone groups is 1. The van der Waals surface area contributed by atoms with Crippen LogP contribution in [0.3, 0.4) is 0 Å². The molecule has 34 heavy (non-hydrogen) atoms. The molecule has 2 N–H and O–H groups in total. The van der Waals surface area contributed by atoms with E-state index >= 15 is 0 Å². The van der Waals surface area contributed by atoms with E-state index in [0.717, 1.165) is 10.1 Å². The summed E-state index contributed by atoms with van der Waals surface area (Å²) >= 11 is 0. The quantitative estimate of drug-likeness (QED) is 0.349. The Labute approximate surface area is 192 Å². The molecule has 10 nitrogen and oxygen atoms in total. The molecular weight excluding hydrogens is 436 g/mol. The number of hydrogen-bond acceptors (Lipinski definition) is 7. The molecule has 0 bridgehead atoms. The highest BCUT2D eigenvalue weighted by Gasteiger charge is 2.20. The van der Waals surface area contributed by atoms with Crippen molar-refractivity contribution in [1.29, 1.82) is 5.26 Å². The van der Waals surface area contributed by atoms with E-state index in [-0.39, 0.29) is 22.4 Å². The number of benzene rings is 2. The number of nitrogens with zero attached hydrogens (tertiary/aromatic N) is 4. The molecule has 1 amide bonds. The lowest BCUT2D eigenvalue weighted by atomic mass is 10.1. The van der Waals surface area contributed by atoms with Gasteiger partial charge in [0.25, 0.3) is 17.0 Å². The van der Waals surface area contributed by atoms with Crippen LogP contribution in [-0.2, 0) is 0 Å². The normalized spacial score (nSPS) is 10.9. The number of pyridine rings is 1. The molecule has 4 rings (SSSR count). The second-order valence-corrected chi connectivity index (χ2v) is 7.22. The molecule has 0 radical (unpaired) electrons. The minimum atomic E-state index is -0.742. The zero-order chi connectivity index (χ0) is 24.2. The van der Waals surface area contributed by atoms with Crippen molar-refractivity contribution in [2.75, 3.05) is 7.11 Å². The number of H-pyrrole nitrogens is 1. The monoisotopic (exact) mass is 454 g/mol. The van der Waals surface area contributed by atoms with Gasteiger partial charge >= 0.3 is 0 Å². The summed E-state index contributed by atoms with van der Waals surface area (Å²) in [6, 6.07) is 17.1. The van der Waals surface area contributed by atoms with E-state index in [9.17, 15) is 19.6 Å². The van der Waals surface area contributed by atoms with Crippen molar-refractivity contribution in [2.45, 2.75) is 6.92 Å². The van der Waals surface area contributed by atoms with Crippen molar-refractivity contribution in [3.05, 3.63) is 97.7 Å². The van der Waals surface area contributed by atoms with E-state index < -0.39 is 17.0 Å². The van der Waals surface area contributed by atoms with E-state index in [1.165, 1.54) is 13.1 Å². The molecule has 0 spiro atoms. The molecule has 0 fully saturated rings. The van der Waals surface area contributed by atoms with Crippen LogP contribution in [0.1, 0.15) is 27.2 Å².